The van der Waals surface area contributed by atoms with Gasteiger partial charge in [-0.3, -0.25) is 0 Å². The van der Waals surface area contributed by atoms with Gasteiger partial charge in [0.15, 0.2) is 0 Å². The van der Waals surface area contributed by atoms with E-state index < -0.39 is 0 Å². The first kappa shape index (κ1) is 12.4. The van der Waals surface area contributed by atoms with Crippen molar-refractivity contribution < 1.29 is 0 Å². The maximum Gasteiger partial charge on any atom is 0.212 e. The van der Waals surface area contributed by atoms with Gasteiger partial charge in [0.1, 0.15) is 5.01 Å². The molecule has 3 rings (SSSR count). The van der Waals surface area contributed by atoms with Crippen LogP contribution in [0.2, 0.25) is 0 Å². The minimum atomic E-state index is 0.639. The SMILES string of the molecule is CC(C)Cc1nn2cc(Cc3ccccc3)nc2s1. The van der Waals surface area contributed by atoms with Crippen LogP contribution in [-0.2, 0) is 12.8 Å². The number of hydrogen-bond donors (Lipinski definition) is 0. The third-order valence-corrected chi connectivity index (χ3v) is 3.89. The second-order valence-corrected chi connectivity index (χ2v) is 6.26. The van der Waals surface area contributed by atoms with Gasteiger partial charge < -0.3 is 0 Å². The van der Waals surface area contributed by atoms with Crippen LogP contribution in [0.4, 0.5) is 0 Å². The van der Waals surface area contributed by atoms with Gasteiger partial charge in [-0.1, -0.05) is 55.5 Å². The molecule has 1 aromatic carbocycles. The van der Waals surface area contributed by atoms with E-state index in [9.17, 15) is 0 Å². The highest BCUT2D eigenvalue weighted by Crippen LogP contribution is 2.18. The minimum absolute atomic E-state index is 0.639. The van der Waals surface area contributed by atoms with Crippen LogP contribution in [0.15, 0.2) is 36.5 Å². The van der Waals surface area contributed by atoms with Crippen LogP contribution in [0.1, 0.15) is 30.1 Å². The van der Waals surface area contributed by atoms with Crippen LogP contribution in [0.5, 0.6) is 0 Å². The summed E-state index contributed by atoms with van der Waals surface area (Å²) in [5.41, 5.74) is 2.37. The van der Waals surface area contributed by atoms with Crippen LogP contribution in [-0.4, -0.2) is 14.6 Å². The molecule has 98 valence electrons. The Kier molecular flexibility index (Phi) is 3.34. The quantitative estimate of drug-likeness (QED) is 0.726. The highest BCUT2D eigenvalue weighted by Gasteiger charge is 2.09. The molecule has 0 spiro atoms. The van der Waals surface area contributed by atoms with Gasteiger partial charge in [-0.05, 0) is 11.5 Å². The third-order valence-electron chi connectivity index (χ3n) is 2.95. The fraction of sp³-hybridized carbons (Fsp3) is 0.333. The van der Waals surface area contributed by atoms with Gasteiger partial charge in [0.2, 0.25) is 4.96 Å². The molecule has 0 N–H and O–H groups in total. The molecule has 0 radical (unpaired) electrons. The number of aromatic nitrogens is 3. The first-order valence-corrected chi connectivity index (χ1v) is 7.40. The van der Waals surface area contributed by atoms with E-state index in [4.69, 9.17) is 0 Å². The van der Waals surface area contributed by atoms with Crippen LogP contribution < -0.4 is 0 Å². The van der Waals surface area contributed by atoms with E-state index in [-0.39, 0.29) is 0 Å². The molecule has 0 aliphatic rings. The van der Waals surface area contributed by atoms with Gasteiger partial charge in [-0.2, -0.15) is 5.10 Å². The summed E-state index contributed by atoms with van der Waals surface area (Å²) in [4.78, 5) is 5.66. The molecular formula is C15H17N3S. The maximum atomic E-state index is 4.65. The first-order chi connectivity index (χ1) is 9.20. The Morgan fingerprint density at radius 2 is 2.00 bits per heavy atom. The monoisotopic (exact) mass is 271 g/mol. The van der Waals surface area contributed by atoms with E-state index in [0.29, 0.717) is 5.92 Å². The summed E-state index contributed by atoms with van der Waals surface area (Å²) in [5, 5.41) is 5.76. The molecule has 0 aliphatic carbocycles. The van der Waals surface area contributed by atoms with Crippen molar-refractivity contribution in [1.29, 1.82) is 0 Å². The molecule has 4 heteroatoms. The molecule has 19 heavy (non-hydrogen) atoms. The zero-order valence-corrected chi connectivity index (χ0v) is 12.0. The van der Waals surface area contributed by atoms with Crippen molar-refractivity contribution in [3.8, 4) is 0 Å². The predicted molar refractivity (Wildman–Crippen MR) is 78.7 cm³/mol. The van der Waals surface area contributed by atoms with E-state index in [1.807, 2.05) is 16.8 Å². The number of hydrogen-bond acceptors (Lipinski definition) is 3. The lowest BCUT2D eigenvalue weighted by atomic mass is 10.1. The second kappa shape index (κ2) is 5.13. The number of fused-ring (bicyclic) bond motifs is 1. The molecule has 0 aliphatic heterocycles. The Labute approximate surface area is 116 Å². The Bertz CT molecular complexity index is 636. The lowest BCUT2D eigenvalue weighted by Crippen LogP contribution is -1.94. The van der Waals surface area contributed by atoms with Gasteiger partial charge in [0.05, 0.1) is 11.9 Å². The minimum Gasteiger partial charge on any atom is -0.222 e. The number of nitrogens with zero attached hydrogens (tertiary/aromatic N) is 3. The van der Waals surface area contributed by atoms with Crippen LogP contribution in [0.3, 0.4) is 0 Å². The normalized spacial score (nSPS) is 11.5. The fourth-order valence-corrected chi connectivity index (χ4v) is 3.21. The Hall–Kier alpha value is -1.68. The third kappa shape index (κ3) is 2.84. The number of benzene rings is 1. The van der Waals surface area contributed by atoms with Crippen LogP contribution in [0, 0.1) is 5.92 Å². The molecule has 0 atom stereocenters. The van der Waals surface area contributed by atoms with Crippen LogP contribution in [0.25, 0.3) is 4.96 Å². The van der Waals surface area contributed by atoms with Gasteiger partial charge in [-0.25, -0.2) is 9.50 Å². The Morgan fingerprint density at radius 3 is 2.68 bits per heavy atom. The van der Waals surface area contributed by atoms with Gasteiger partial charge in [-0.15, -0.1) is 0 Å². The lowest BCUT2D eigenvalue weighted by Gasteiger charge is -1.98. The first-order valence-electron chi connectivity index (χ1n) is 6.58. The zero-order valence-electron chi connectivity index (χ0n) is 11.2. The van der Waals surface area contributed by atoms with Crippen LogP contribution >= 0.6 is 11.3 Å². The molecular weight excluding hydrogens is 254 g/mol. The molecule has 0 bridgehead atoms. The van der Waals surface area contributed by atoms with E-state index in [0.717, 1.165) is 23.5 Å². The zero-order chi connectivity index (χ0) is 13.2. The summed E-state index contributed by atoms with van der Waals surface area (Å²) >= 11 is 1.70. The average molecular weight is 271 g/mol. The molecule has 2 heterocycles. The summed E-state index contributed by atoms with van der Waals surface area (Å²) < 4.78 is 1.92. The summed E-state index contributed by atoms with van der Waals surface area (Å²) in [6.07, 6.45) is 3.95. The molecule has 0 saturated carbocycles. The molecule has 2 aromatic heterocycles. The van der Waals surface area contributed by atoms with Crippen molar-refractivity contribution in [3.05, 3.63) is 52.8 Å². The second-order valence-electron chi connectivity index (χ2n) is 5.22. The summed E-state index contributed by atoms with van der Waals surface area (Å²) in [5.74, 6) is 0.639. The van der Waals surface area contributed by atoms with Crippen molar-refractivity contribution in [1.82, 2.24) is 14.6 Å². The predicted octanol–water partition coefficient (Wildman–Crippen LogP) is 3.58. The Morgan fingerprint density at radius 1 is 1.21 bits per heavy atom. The molecule has 0 fully saturated rings. The maximum absolute atomic E-state index is 4.65. The smallest absolute Gasteiger partial charge is 0.212 e. The van der Waals surface area contributed by atoms with E-state index in [1.54, 1.807) is 11.3 Å². The molecule has 0 amide bonds. The summed E-state index contributed by atoms with van der Waals surface area (Å²) in [6.45, 7) is 4.43. The summed E-state index contributed by atoms with van der Waals surface area (Å²) in [6, 6.07) is 10.4. The van der Waals surface area contributed by atoms with Gasteiger partial charge in [0.25, 0.3) is 0 Å². The largest absolute Gasteiger partial charge is 0.222 e. The molecule has 0 saturated heterocycles. The van der Waals surface area contributed by atoms with Crippen molar-refractivity contribution in [2.75, 3.05) is 0 Å². The van der Waals surface area contributed by atoms with E-state index >= 15 is 0 Å². The molecule has 3 aromatic rings. The Balaban J connectivity index is 1.81. The number of imidazole rings is 1. The molecule has 3 nitrogen and oxygen atoms in total. The lowest BCUT2D eigenvalue weighted by molar-refractivity contribution is 0.636. The highest BCUT2D eigenvalue weighted by atomic mass is 32.1. The van der Waals surface area contributed by atoms with Crippen molar-refractivity contribution in [2.24, 2.45) is 5.92 Å². The molecule has 0 unspecified atom stereocenters. The standard InChI is InChI=1S/C15H17N3S/c1-11(2)8-14-17-18-10-13(16-15(18)19-14)9-12-6-4-3-5-7-12/h3-7,10-11H,8-9H2,1-2H3. The van der Waals surface area contributed by atoms with E-state index in [1.165, 1.54) is 10.6 Å². The highest BCUT2D eigenvalue weighted by molar-refractivity contribution is 7.16. The number of rotatable bonds is 4. The average Bonchev–Trinajstić information content (AvgIpc) is 2.87. The van der Waals surface area contributed by atoms with Crippen molar-refractivity contribution in [2.45, 2.75) is 26.7 Å². The summed E-state index contributed by atoms with van der Waals surface area (Å²) in [7, 11) is 0. The van der Waals surface area contributed by atoms with E-state index in [2.05, 4.69) is 48.2 Å². The van der Waals surface area contributed by atoms with Crippen molar-refractivity contribution >= 4 is 16.3 Å². The van der Waals surface area contributed by atoms with Crippen molar-refractivity contribution in [3.63, 3.8) is 0 Å². The fourth-order valence-electron chi connectivity index (χ4n) is 2.11. The van der Waals surface area contributed by atoms with Gasteiger partial charge in [0, 0.05) is 12.8 Å². The van der Waals surface area contributed by atoms with Gasteiger partial charge >= 0.3 is 0 Å². The topological polar surface area (TPSA) is 30.2 Å².